The van der Waals surface area contributed by atoms with Gasteiger partial charge in [0.15, 0.2) is 0 Å². The van der Waals surface area contributed by atoms with Crippen molar-refractivity contribution < 1.29 is 43.0 Å². The minimum absolute atomic E-state index is 0.188. The molecule has 0 bridgehead atoms. The second-order valence-electron chi connectivity index (χ2n) is 8.61. The van der Waals surface area contributed by atoms with Crippen molar-refractivity contribution in [2.75, 3.05) is 19.8 Å². The molecule has 10 nitrogen and oxygen atoms in total. The lowest BCUT2D eigenvalue weighted by molar-refractivity contribution is 0.0731. The third-order valence-corrected chi connectivity index (χ3v) is 6.29. The lowest BCUT2D eigenvalue weighted by Crippen LogP contribution is -2.29. The maximum absolute atomic E-state index is 14.8. The van der Waals surface area contributed by atoms with Crippen LogP contribution >= 0.6 is 7.82 Å². The number of aromatic nitrogens is 2. The summed E-state index contributed by atoms with van der Waals surface area (Å²) in [6.45, 7) is 1.62. The third-order valence-electron chi connectivity index (χ3n) is 5.80. The van der Waals surface area contributed by atoms with E-state index in [-0.39, 0.29) is 19.8 Å². The van der Waals surface area contributed by atoms with Crippen LogP contribution in [-0.4, -0.2) is 61.6 Å². The molecule has 1 fully saturated rings. The number of benzene rings is 2. The van der Waals surface area contributed by atoms with Crippen molar-refractivity contribution in [3.8, 4) is 16.9 Å². The van der Waals surface area contributed by atoms with Gasteiger partial charge in [-0.15, -0.1) is 0 Å². The van der Waals surface area contributed by atoms with Crippen molar-refractivity contribution in [2.24, 2.45) is 0 Å². The number of ether oxygens (including phenoxy) is 2. The fourth-order valence-electron chi connectivity index (χ4n) is 3.94. The monoisotopic (exact) mass is 534 g/mol. The largest absolute Gasteiger partial charge is 0.485 e. The Kier molecular flexibility index (Phi) is 8.56. The maximum atomic E-state index is 14.8. The number of rotatable bonds is 10. The van der Waals surface area contributed by atoms with E-state index in [0.29, 0.717) is 22.7 Å². The van der Waals surface area contributed by atoms with E-state index in [2.05, 4.69) is 4.98 Å². The van der Waals surface area contributed by atoms with E-state index < -0.39 is 38.0 Å². The van der Waals surface area contributed by atoms with E-state index in [9.17, 15) is 19.2 Å². The molecule has 0 spiro atoms. The Morgan fingerprint density at radius 3 is 2.62 bits per heavy atom. The molecule has 4 N–H and O–H groups in total. The smallest absolute Gasteiger partial charge is 0.469 e. The Labute approximate surface area is 212 Å². The molecule has 4 atom stereocenters. The molecule has 0 radical (unpaired) electrons. The summed E-state index contributed by atoms with van der Waals surface area (Å²) < 4.78 is 43.1. The predicted octanol–water partition coefficient (Wildman–Crippen LogP) is 3.24. The standard InChI is InChI=1S/C25H28FN2O8P/c1-16(29)25-27-10-11-28(25)19(13-35-37(31,32)33)7-4-17-2-5-18(6-3-17)21-9-8-20(12-22(21)26)36-24-15-34-14-23(24)30/h2-12,16,19,23-24,29-30H,13-15H2,1H3,(H2,31,32,33)/b7-4+/t16-,19-,23+,24+/m0/s1. The zero-order valence-corrected chi connectivity index (χ0v) is 20.8. The molecule has 1 aliphatic rings. The molecule has 2 aromatic carbocycles. The van der Waals surface area contributed by atoms with Crippen molar-refractivity contribution in [3.05, 3.63) is 78.1 Å². The topological polar surface area (TPSA) is 144 Å². The van der Waals surface area contributed by atoms with Gasteiger partial charge in [0.25, 0.3) is 0 Å². The zero-order valence-electron chi connectivity index (χ0n) is 19.9. The van der Waals surface area contributed by atoms with E-state index in [1.807, 2.05) is 0 Å². The molecule has 0 unspecified atom stereocenters. The van der Waals surface area contributed by atoms with Gasteiger partial charge in [-0.25, -0.2) is 13.9 Å². The summed E-state index contributed by atoms with van der Waals surface area (Å²) in [7, 11) is -4.71. The highest BCUT2D eigenvalue weighted by molar-refractivity contribution is 7.46. The van der Waals surface area contributed by atoms with Gasteiger partial charge >= 0.3 is 7.82 Å². The molecule has 4 rings (SSSR count). The quantitative estimate of drug-likeness (QED) is 0.288. The fourth-order valence-corrected chi connectivity index (χ4v) is 4.29. The SMILES string of the molecule is C[C@H](O)c1nccn1[C@@H](/C=C/c1ccc(-c2ccc(O[C@@H]3COC[C@H]3O)cc2F)cc1)COP(=O)(O)O. The molecule has 0 amide bonds. The number of hydrogen-bond donors (Lipinski definition) is 4. The second-order valence-corrected chi connectivity index (χ2v) is 9.85. The van der Waals surface area contributed by atoms with E-state index in [4.69, 9.17) is 23.8 Å². The first-order valence-corrected chi connectivity index (χ1v) is 13.1. The van der Waals surface area contributed by atoms with Crippen LogP contribution in [-0.2, 0) is 13.8 Å². The van der Waals surface area contributed by atoms with Gasteiger partial charge in [0.1, 0.15) is 35.7 Å². The Bertz CT molecular complexity index is 1270. The minimum Gasteiger partial charge on any atom is -0.485 e. The molecule has 1 aliphatic heterocycles. The Morgan fingerprint density at radius 1 is 1.24 bits per heavy atom. The first kappa shape index (κ1) is 27.2. The number of halogens is 1. The Hall–Kier alpha value is -2.89. The van der Waals surface area contributed by atoms with Gasteiger partial charge < -0.3 is 34.0 Å². The normalized spacial score (nSPS) is 19.8. The summed E-state index contributed by atoms with van der Waals surface area (Å²) in [6, 6.07) is 10.9. The maximum Gasteiger partial charge on any atom is 0.469 e. The van der Waals surface area contributed by atoms with Crippen LogP contribution in [0.2, 0.25) is 0 Å². The summed E-state index contributed by atoms with van der Waals surface area (Å²) in [5.41, 5.74) is 1.76. The lowest BCUT2D eigenvalue weighted by atomic mass is 10.0. The van der Waals surface area contributed by atoms with Crippen molar-refractivity contribution in [1.82, 2.24) is 9.55 Å². The van der Waals surface area contributed by atoms with Gasteiger partial charge in [-0.3, -0.25) is 4.52 Å². The molecular weight excluding hydrogens is 506 g/mol. The molecule has 1 aromatic heterocycles. The summed E-state index contributed by atoms with van der Waals surface area (Å²) in [5, 5.41) is 19.8. The molecule has 198 valence electrons. The Morgan fingerprint density at radius 2 is 2.00 bits per heavy atom. The third kappa shape index (κ3) is 7.12. The van der Waals surface area contributed by atoms with Gasteiger partial charge in [0, 0.05) is 24.0 Å². The second kappa shape index (κ2) is 11.7. The first-order chi connectivity index (χ1) is 17.6. The average molecular weight is 534 g/mol. The molecule has 1 saturated heterocycles. The van der Waals surface area contributed by atoms with Crippen LogP contribution < -0.4 is 4.74 Å². The number of aliphatic hydroxyl groups excluding tert-OH is 2. The number of nitrogens with zero attached hydrogens (tertiary/aromatic N) is 2. The van der Waals surface area contributed by atoms with Crippen molar-refractivity contribution >= 4 is 13.9 Å². The summed E-state index contributed by atoms with van der Waals surface area (Å²) in [4.78, 5) is 22.3. The van der Waals surface area contributed by atoms with Gasteiger partial charge in [-0.2, -0.15) is 0 Å². The van der Waals surface area contributed by atoms with E-state index in [1.54, 1.807) is 59.3 Å². The van der Waals surface area contributed by atoms with Gasteiger partial charge in [-0.05, 0) is 30.2 Å². The van der Waals surface area contributed by atoms with Crippen LogP contribution in [0.5, 0.6) is 5.75 Å². The number of aliphatic hydroxyl groups is 2. The molecule has 2 heterocycles. The molecule has 3 aromatic rings. The first-order valence-electron chi connectivity index (χ1n) is 11.5. The van der Waals surface area contributed by atoms with Crippen LogP contribution in [0.25, 0.3) is 17.2 Å². The van der Waals surface area contributed by atoms with Crippen LogP contribution in [0.15, 0.2) is 60.9 Å². The van der Waals surface area contributed by atoms with Crippen LogP contribution in [0.4, 0.5) is 4.39 Å². The minimum atomic E-state index is -4.71. The molecule has 0 aliphatic carbocycles. The fraction of sp³-hybridized carbons (Fsp3) is 0.320. The van der Waals surface area contributed by atoms with Crippen LogP contribution in [0, 0.1) is 5.82 Å². The van der Waals surface area contributed by atoms with Gasteiger partial charge in [0.2, 0.25) is 0 Å². The van der Waals surface area contributed by atoms with Gasteiger partial charge in [-0.1, -0.05) is 36.4 Å². The predicted molar refractivity (Wildman–Crippen MR) is 132 cm³/mol. The summed E-state index contributed by atoms with van der Waals surface area (Å²) >= 11 is 0. The zero-order chi connectivity index (χ0) is 26.6. The number of imidazole rings is 1. The van der Waals surface area contributed by atoms with Gasteiger partial charge in [0.05, 0.1) is 25.9 Å². The van der Waals surface area contributed by atoms with E-state index >= 15 is 0 Å². The van der Waals surface area contributed by atoms with Crippen molar-refractivity contribution in [3.63, 3.8) is 0 Å². The highest BCUT2D eigenvalue weighted by Gasteiger charge is 2.28. The van der Waals surface area contributed by atoms with E-state index in [0.717, 1.165) is 5.56 Å². The highest BCUT2D eigenvalue weighted by Crippen LogP contribution is 2.37. The average Bonchev–Trinajstić information content (AvgIpc) is 3.49. The number of hydrogen-bond acceptors (Lipinski definition) is 7. The van der Waals surface area contributed by atoms with E-state index in [1.165, 1.54) is 19.2 Å². The number of phosphoric ester groups is 1. The summed E-state index contributed by atoms with van der Waals surface area (Å²) in [6.07, 6.45) is 4.27. The summed E-state index contributed by atoms with van der Waals surface area (Å²) in [5.74, 6) is 0.141. The van der Waals surface area contributed by atoms with Crippen molar-refractivity contribution in [2.45, 2.75) is 31.3 Å². The highest BCUT2D eigenvalue weighted by atomic mass is 31.2. The van der Waals surface area contributed by atoms with Crippen molar-refractivity contribution in [1.29, 1.82) is 0 Å². The molecule has 37 heavy (non-hydrogen) atoms. The molecular formula is C25H28FN2O8P. The van der Waals surface area contributed by atoms with Crippen LogP contribution in [0.1, 0.15) is 30.5 Å². The lowest BCUT2D eigenvalue weighted by Gasteiger charge is -2.19. The van der Waals surface area contributed by atoms with Crippen LogP contribution in [0.3, 0.4) is 0 Å². The number of phosphoric acid groups is 1. The Balaban J connectivity index is 1.49. The molecule has 0 saturated carbocycles. The molecule has 12 heteroatoms.